The first-order valence-corrected chi connectivity index (χ1v) is 7.73. The summed E-state index contributed by atoms with van der Waals surface area (Å²) in [6.07, 6.45) is 4.45. The molecule has 1 aliphatic heterocycles. The van der Waals surface area contributed by atoms with E-state index < -0.39 is 0 Å². The van der Waals surface area contributed by atoms with Crippen LogP contribution in [-0.4, -0.2) is 28.0 Å². The number of hydrogen-bond donors (Lipinski definition) is 0. The maximum atomic E-state index is 4.60. The highest BCUT2D eigenvalue weighted by Gasteiger charge is 2.23. The van der Waals surface area contributed by atoms with Gasteiger partial charge in [0.2, 0.25) is 0 Å². The van der Waals surface area contributed by atoms with Gasteiger partial charge in [0, 0.05) is 36.3 Å². The van der Waals surface area contributed by atoms with Crippen LogP contribution in [0, 0.1) is 6.92 Å². The zero-order valence-corrected chi connectivity index (χ0v) is 12.1. The maximum absolute atomic E-state index is 4.60. The van der Waals surface area contributed by atoms with Gasteiger partial charge in [-0.15, -0.1) is 11.3 Å². The summed E-state index contributed by atoms with van der Waals surface area (Å²) in [5.41, 5.74) is 2.28. The van der Waals surface area contributed by atoms with Crippen LogP contribution in [-0.2, 0) is 6.54 Å². The summed E-state index contributed by atoms with van der Waals surface area (Å²) in [5.74, 6) is 0.610. The topological polar surface area (TPSA) is 29.0 Å². The minimum atomic E-state index is 0.610. The maximum Gasteiger partial charge on any atom is 0.0968 e. The zero-order chi connectivity index (χ0) is 13.1. The molecule has 2 aromatic rings. The number of nitrogens with zero attached hydrogens (tertiary/aromatic N) is 3. The normalized spacial score (nSPS) is 20.6. The van der Waals surface area contributed by atoms with Gasteiger partial charge in [-0.3, -0.25) is 9.88 Å². The van der Waals surface area contributed by atoms with Crippen LogP contribution in [0.3, 0.4) is 0 Å². The van der Waals surface area contributed by atoms with E-state index in [-0.39, 0.29) is 0 Å². The molecule has 1 atom stereocenters. The Bertz CT molecular complexity index is 524. The Hall–Kier alpha value is -1.26. The number of aryl methyl sites for hydroxylation is 1. The standard InChI is InChI=1S/C15H19N3S/c1-12-4-2-6-14(17-12)11-18-8-3-5-13(10-18)15-16-7-9-19-15/h2,4,6-7,9,13H,3,5,8,10-11H2,1H3/t13-/m1/s1. The van der Waals surface area contributed by atoms with E-state index in [0.717, 1.165) is 18.8 Å². The average molecular weight is 273 g/mol. The number of likely N-dealkylation sites (tertiary alicyclic amines) is 1. The second-order valence-electron chi connectivity index (χ2n) is 5.21. The molecule has 3 nitrogen and oxygen atoms in total. The lowest BCUT2D eigenvalue weighted by atomic mass is 9.98. The summed E-state index contributed by atoms with van der Waals surface area (Å²) in [6.45, 7) is 5.31. The van der Waals surface area contributed by atoms with Crippen LogP contribution in [0.25, 0.3) is 0 Å². The van der Waals surface area contributed by atoms with Gasteiger partial charge in [-0.25, -0.2) is 4.98 Å². The van der Waals surface area contributed by atoms with Crippen molar-refractivity contribution in [3.63, 3.8) is 0 Å². The molecular formula is C15H19N3S. The first-order chi connectivity index (χ1) is 9.31. The molecule has 3 rings (SSSR count). The lowest BCUT2D eigenvalue weighted by Crippen LogP contribution is -2.34. The molecule has 0 saturated carbocycles. The highest BCUT2D eigenvalue weighted by molar-refractivity contribution is 7.09. The molecule has 0 unspecified atom stereocenters. The fourth-order valence-corrected chi connectivity index (χ4v) is 3.52. The van der Waals surface area contributed by atoms with Crippen molar-refractivity contribution in [3.05, 3.63) is 46.2 Å². The largest absolute Gasteiger partial charge is 0.297 e. The molecule has 100 valence electrons. The third kappa shape index (κ3) is 3.19. The third-order valence-corrected chi connectivity index (χ3v) is 4.58. The predicted molar refractivity (Wildman–Crippen MR) is 78.3 cm³/mol. The number of hydrogen-bond acceptors (Lipinski definition) is 4. The van der Waals surface area contributed by atoms with Crippen molar-refractivity contribution in [2.75, 3.05) is 13.1 Å². The van der Waals surface area contributed by atoms with Gasteiger partial charge in [0.25, 0.3) is 0 Å². The molecule has 3 heterocycles. The minimum absolute atomic E-state index is 0.610. The highest BCUT2D eigenvalue weighted by atomic mass is 32.1. The van der Waals surface area contributed by atoms with Crippen LogP contribution in [0.1, 0.15) is 35.2 Å². The van der Waals surface area contributed by atoms with Gasteiger partial charge in [0.1, 0.15) is 0 Å². The molecule has 1 aliphatic rings. The van der Waals surface area contributed by atoms with Crippen molar-refractivity contribution < 1.29 is 0 Å². The second-order valence-corrected chi connectivity index (χ2v) is 6.14. The first-order valence-electron chi connectivity index (χ1n) is 6.85. The Labute approximate surface area is 118 Å². The number of piperidine rings is 1. The molecular weight excluding hydrogens is 254 g/mol. The van der Waals surface area contributed by atoms with Crippen molar-refractivity contribution >= 4 is 11.3 Å². The predicted octanol–water partition coefficient (Wildman–Crippen LogP) is 3.23. The molecule has 4 heteroatoms. The van der Waals surface area contributed by atoms with Crippen LogP contribution < -0.4 is 0 Å². The molecule has 2 aromatic heterocycles. The fraction of sp³-hybridized carbons (Fsp3) is 0.467. The Morgan fingerprint density at radius 3 is 3.16 bits per heavy atom. The van der Waals surface area contributed by atoms with E-state index in [1.165, 1.54) is 30.1 Å². The summed E-state index contributed by atoms with van der Waals surface area (Å²) >= 11 is 1.79. The van der Waals surface area contributed by atoms with E-state index in [4.69, 9.17) is 0 Å². The quantitative estimate of drug-likeness (QED) is 0.859. The molecule has 0 amide bonds. The number of rotatable bonds is 3. The molecule has 1 fully saturated rings. The Morgan fingerprint density at radius 1 is 1.42 bits per heavy atom. The Balaban J connectivity index is 1.65. The summed E-state index contributed by atoms with van der Waals surface area (Å²) in [6, 6.07) is 6.28. The number of aromatic nitrogens is 2. The molecule has 0 aromatic carbocycles. The van der Waals surface area contributed by atoms with Gasteiger partial charge < -0.3 is 0 Å². The smallest absolute Gasteiger partial charge is 0.0968 e. The first kappa shape index (κ1) is 12.8. The van der Waals surface area contributed by atoms with Gasteiger partial charge in [-0.05, 0) is 38.4 Å². The van der Waals surface area contributed by atoms with Gasteiger partial charge in [-0.2, -0.15) is 0 Å². The van der Waals surface area contributed by atoms with E-state index in [1.54, 1.807) is 11.3 Å². The lowest BCUT2D eigenvalue weighted by molar-refractivity contribution is 0.198. The molecule has 0 N–H and O–H groups in total. The molecule has 1 saturated heterocycles. The van der Waals surface area contributed by atoms with Crippen molar-refractivity contribution in [1.29, 1.82) is 0 Å². The SMILES string of the molecule is Cc1cccc(CN2CCC[C@@H](c3nccs3)C2)n1. The number of pyridine rings is 1. The van der Waals surface area contributed by atoms with Crippen LogP contribution in [0.4, 0.5) is 0 Å². The molecule has 0 spiro atoms. The molecule has 0 radical (unpaired) electrons. The minimum Gasteiger partial charge on any atom is -0.297 e. The zero-order valence-electron chi connectivity index (χ0n) is 11.2. The second kappa shape index (κ2) is 5.80. The van der Waals surface area contributed by atoms with Gasteiger partial charge in [0.05, 0.1) is 10.7 Å². The van der Waals surface area contributed by atoms with Crippen molar-refractivity contribution in [2.45, 2.75) is 32.2 Å². The van der Waals surface area contributed by atoms with Crippen molar-refractivity contribution in [1.82, 2.24) is 14.9 Å². The number of thiazole rings is 1. The monoisotopic (exact) mass is 273 g/mol. The van der Waals surface area contributed by atoms with E-state index in [1.807, 2.05) is 6.20 Å². The van der Waals surface area contributed by atoms with Crippen molar-refractivity contribution in [2.24, 2.45) is 0 Å². The van der Waals surface area contributed by atoms with Crippen LogP contribution >= 0.6 is 11.3 Å². The molecule has 19 heavy (non-hydrogen) atoms. The molecule has 0 bridgehead atoms. The third-order valence-electron chi connectivity index (χ3n) is 3.64. The summed E-state index contributed by atoms with van der Waals surface area (Å²) in [7, 11) is 0. The summed E-state index contributed by atoms with van der Waals surface area (Å²) < 4.78 is 0. The van der Waals surface area contributed by atoms with Crippen molar-refractivity contribution in [3.8, 4) is 0 Å². The summed E-state index contributed by atoms with van der Waals surface area (Å²) in [4.78, 5) is 11.6. The van der Waals surface area contributed by atoms with E-state index >= 15 is 0 Å². The Kier molecular flexibility index (Phi) is 3.89. The summed E-state index contributed by atoms with van der Waals surface area (Å²) in [5, 5.41) is 3.37. The fourth-order valence-electron chi connectivity index (χ4n) is 2.75. The van der Waals surface area contributed by atoms with Crippen LogP contribution in [0.2, 0.25) is 0 Å². The van der Waals surface area contributed by atoms with Crippen LogP contribution in [0.5, 0.6) is 0 Å². The lowest BCUT2D eigenvalue weighted by Gasteiger charge is -2.31. The van der Waals surface area contributed by atoms with E-state index in [0.29, 0.717) is 5.92 Å². The highest BCUT2D eigenvalue weighted by Crippen LogP contribution is 2.28. The van der Waals surface area contributed by atoms with Crippen LogP contribution in [0.15, 0.2) is 29.8 Å². The van der Waals surface area contributed by atoms with Gasteiger partial charge in [-0.1, -0.05) is 6.07 Å². The van der Waals surface area contributed by atoms with E-state index in [9.17, 15) is 0 Å². The molecule has 0 aliphatic carbocycles. The van der Waals surface area contributed by atoms with Gasteiger partial charge in [0.15, 0.2) is 0 Å². The van der Waals surface area contributed by atoms with E-state index in [2.05, 4.69) is 45.4 Å². The Morgan fingerprint density at radius 2 is 2.37 bits per heavy atom. The average Bonchev–Trinajstić information content (AvgIpc) is 2.93. The van der Waals surface area contributed by atoms with Gasteiger partial charge >= 0.3 is 0 Å².